The topological polar surface area (TPSA) is 97.0 Å². The Morgan fingerprint density at radius 1 is 0.857 bits per heavy atom. The predicted molar refractivity (Wildman–Crippen MR) is 110 cm³/mol. The SMILES string of the molecule is CC(C)(C)OC(=O)NCCCN(CCCNC(=O)CCCl)C(=O)OC(C)(C)C. The molecule has 0 heterocycles. The molecule has 0 aliphatic rings. The number of halogens is 1. The quantitative estimate of drug-likeness (QED) is 0.416. The van der Waals surface area contributed by atoms with Crippen LogP contribution in [0.3, 0.4) is 0 Å². The smallest absolute Gasteiger partial charge is 0.410 e. The van der Waals surface area contributed by atoms with Gasteiger partial charge in [-0.05, 0) is 54.4 Å². The Labute approximate surface area is 173 Å². The minimum atomic E-state index is -0.599. The number of carbonyl (C=O) groups excluding carboxylic acids is 3. The molecule has 0 aromatic rings. The number of hydrogen-bond donors (Lipinski definition) is 2. The summed E-state index contributed by atoms with van der Waals surface area (Å²) < 4.78 is 10.6. The summed E-state index contributed by atoms with van der Waals surface area (Å²) in [4.78, 5) is 37.1. The third kappa shape index (κ3) is 15.4. The Morgan fingerprint density at radius 3 is 1.82 bits per heavy atom. The average molecular weight is 422 g/mol. The van der Waals surface area contributed by atoms with Gasteiger partial charge in [-0.2, -0.15) is 0 Å². The third-order valence-electron chi connectivity index (χ3n) is 3.17. The first-order valence-corrected chi connectivity index (χ1v) is 10.1. The van der Waals surface area contributed by atoms with Crippen LogP contribution < -0.4 is 10.6 Å². The molecule has 0 atom stereocenters. The van der Waals surface area contributed by atoms with Gasteiger partial charge in [-0.25, -0.2) is 9.59 Å². The van der Waals surface area contributed by atoms with Crippen LogP contribution in [0.2, 0.25) is 0 Å². The zero-order valence-corrected chi connectivity index (χ0v) is 18.8. The summed E-state index contributed by atoms with van der Waals surface area (Å²) in [5.41, 5.74) is -1.15. The number of alkyl halides is 1. The van der Waals surface area contributed by atoms with E-state index in [0.717, 1.165) is 0 Å². The lowest BCUT2D eigenvalue weighted by molar-refractivity contribution is -0.120. The zero-order chi connectivity index (χ0) is 21.8. The lowest BCUT2D eigenvalue weighted by Gasteiger charge is -2.27. The number of carbonyl (C=O) groups is 3. The molecule has 0 radical (unpaired) electrons. The summed E-state index contributed by atoms with van der Waals surface area (Å²) in [5.74, 6) is 0.168. The highest BCUT2D eigenvalue weighted by Gasteiger charge is 2.22. The summed E-state index contributed by atoms with van der Waals surface area (Å²) >= 11 is 5.52. The summed E-state index contributed by atoms with van der Waals surface area (Å²) in [7, 11) is 0. The van der Waals surface area contributed by atoms with Crippen LogP contribution >= 0.6 is 11.6 Å². The Balaban J connectivity index is 4.43. The summed E-state index contributed by atoms with van der Waals surface area (Å²) in [6.45, 7) is 12.5. The minimum absolute atomic E-state index is 0.111. The van der Waals surface area contributed by atoms with E-state index in [1.54, 1.807) is 46.4 Å². The van der Waals surface area contributed by atoms with Crippen LogP contribution in [0.1, 0.15) is 60.8 Å². The molecule has 0 spiro atoms. The van der Waals surface area contributed by atoms with Gasteiger partial charge in [0.05, 0.1) is 0 Å². The molecular formula is C19H36ClN3O5. The normalized spacial score (nSPS) is 11.5. The molecule has 8 nitrogen and oxygen atoms in total. The first-order valence-electron chi connectivity index (χ1n) is 9.61. The van der Waals surface area contributed by atoms with E-state index in [1.807, 2.05) is 0 Å². The maximum atomic E-state index is 12.4. The van der Waals surface area contributed by atoms with Crippen molar-refractivity contribution < 1.29 is 23.9 Å². The first-order chi connectivity index (χ1) is 12.8. The highest BCUT2D eigenvalue weighted by molar-refractivity contribution is 6.18. The number of rotatable bonds is 10. The molecule has 0 aliphatic heterocycles. The standard InChI is InChI=1S/C19H36ClN3O5/c1-18(2,3)27-16(25)22-12-8-14-23(17(26)28-19(4,5)6)13-7-11-21-15(24)9-10-20/h7-14H2,1-6H3,(H,21,24)(H,22,25). The van der Waals surface area contributed by atoms with Gasteiger partial charge in [0.25, 0.3) is 0 Å². The molecule has 0 saturated heterocycles. The van der Waals surface area contributed by atoms with Crippen molar-refractivity contribution in [2.75, 3.05) is 32.1 Å². The first kappa shape index (κ1) is 26.3. The van der Waals surface area contributed by atoms with Crippen molar-refractivity contribution in [2.45, 2.75) is 72.0 Å². The third-order valence-corrected chi connectivity index (χ3v) is 3.36. The highest BCUT2D eigenvalue weighted by atomic mass is 35.5. The van der Waals surface area contributed by atoms with Gasteiger partial charge >= 0.3 is 12.2 Å². The largest absolute Gasteiger partial charge is 0.444 e. The fraction of sp³-hybridized carbons (Fsp3) is 0.842. The van der Waals surface area contributed by atoms with Gasteiger partial charge in [-0.3, -0.25) is 4.79 Å². The summed E-state index contributed by atoms with van der Waals surface area (Å²) in [5, 5.41) is 5.42. The second kappa shape index (κ2) is 12.7. The van der Waals surface area contributed by atoms with E-state index in [2.05, 4.69) is 10.6 Å². The van der Waals surface area contributed by atoms with E-state index < -0.39 is 23.4 Å². The van der Waals surface area contributed by atoms with E-state index in [-0.39, 0.29) is 18.2 Å². The molecule has 2 N–H and O–H groups in total. The van der Waals surface area contributed by atoms with E-state index in [0.29, 0.717) is 39.0 Å². The van der Waals surface area contributed by atoms with Crippen LogP contribution in [0.15, 0.2) is 0 Å². The monoisotopic (exact) mass is 421 g/mol. The molecule has 0 fully saturated rings. The molecule has 0 rings (SSSR count). The number of nitrogens with one attached hydrogen (secondary N) is 2. The lowest BCUT2D eigenvalue weighted by Crippen LogP contribution is -2.40. The Bertz CT molecular complexity index is 501. The van der Waals surface area contributed by atoms with E-state index in [4.69, 9.17) is 21.1 Å². The minimum Gasteiger partial charge on any atom is -0.444 e. The fourth-order valence-electron chi connectivity index (χ4n) is 2.07. The summed E-state index contributed by atoms with van der Waals surface area (Å²) in [6, 6.07) is 0. The molecule has 0 unspecified atom stereocenters. The molecule has 164 valence electrons. The Morgan fingerprint density at radius 2 is 1.36 bits per heavy atom. The fourth-order valence-corrected chi connectivity index (χ4v) is 2.24. The van der Waals surface area contributed by atoms with Crippen molar-refractivity contribution in [3.8, 4) is 0 Å². The van der Waals surface area contributed by atoms with Crippen molar-refractivity contribution in [2.24, 2.45) is 0 Å². The van der Waals surface area contributed by atoms with Gasteiger partial charge in [0.15, 0.2) is 0 Å². The molecule has 3 amide bonds. The van der Waals surface area contributed by atoms with E-state index in [9.17, 15) is 14.4 Å². The maximum absolute atomic E-state index is 12.4. The zero-order valence-electron chi connectivity index (χ0n) is 18.0. The van der Waals surface area contributed by atoms with Crippen molar-refractivity contribution >= 4 is 29.7 Å². The van der Waals surface area contributed by atoms with Crippen LogP contribution in [-0.2, 0) is 14.3 Å². The van der Waals surface area contributed by atoms with Crippen LogP contribution in [0.4, 0.5) is 9.59 Å². The van der Waals surface area contributed by atoms with Crippen molar-refractivity contribution in [3.63, 3.8) is 0 Å². The molecule has 0 aromatic heterocycles. The van der Waals surface area contributed by atoms with Crippen LogP contribution in [0.5, 0.6) is 0 Å². The van der Waals surface area contributed by atoms with Gasteiger partial charge in [0, 0.05) is 38.5 Å². The number of nitrogens with zero attached hydrogens (tertiary/aromatic N) is 1. The lowest BCUT2D eigenvalue weighted by atomic mass is 10.2. The molecule has 0 saturated carbocycles. The van der Waals surface area contributed by atoms with Gasteiger partial charge in [0.2, 0.25) is 5.91 Å². The van der Waals surface area contributed by atoms with Gasteiger partial charge < -0.3 is 25.0 Å². The van der Waals surface area contributed by atoms with Crippen molar-refractivity contribution in [1.82, 2.24) is 15.5 Å². The molecule has 0 bridgehead atoms. The number of ether oxygens (including phenoxy) is 2. The van der Waals surface area contributed by atoms with Crippen LogP contribution in [-0.4, -0.2) is 66.3 Å². The predicted octanol–water partition coefficient (Wildman–Crippen LogP) is 3.27. The Kier molecular flexibility index (Phi) is 11.9. The van der Waals surface area contributed by atoms with Crippen LogP contribution in [0.25, 0.3) is 0 Å². The maximum Gasteiger partial charge on any atom is 0.410 e. The molecule has 0 aliphatic carbocycles. The van der Waals surface area contributed by atoms with Crippen molar-refractivity contribution in [1.29, 1.82) is 0 Å². The van der Waals surface area contributed by atoms with Crippen molar-refractivity contribution in [3.05, 3.63) is 0 Å². The number of amides is 3. The Hall–Kier alpha value is -1.70. The second-order valence-corrected chi connectivity index (χ2v) is 8.77. The number of hydrogen-bond acceptors (Lipinski definition) is 5. The van der Waals surface area contributed by atoms with Gasteiger partial charge in [0.1, 0.15) is 11.2 Å². The van der Waals surface area contributed by atoms with E-state index >= 15 is 0 Å². The molecular weight excluding hydrogens is 386 g/mol. The number of alkyl carbamates (subject to hydrolysis) is 1. The van der Waals surface area contributed by atoms with Gasteiger partial charge in [-0.15, -0.1) is 11.6 Å². The van der Waals surface area contributed by atoms with Gasteiger partial charge in [-0.1, -0.05) is 0 Å². The second-order valence-electron chi connectivity index (χ2n) is 8.39. The summed E-state index contributed by atoms with van der Waals surface area (Å²) in [6.07, 6.45) is 0.507. The molecule has 9 heteroatoms. The molecule has 0 aromatic carbocycles. The highest BCUT2D eigenvalue weighted by Crippen LogP contribution is 2.11. The van der Waals surface area contributed by atoms with E-state index in [1.165, 1.54) is 0 Å². The van der Waals surface area contributed by atoms with Crippen LogP contribution in [0, 0.1) is 0 Å². The molecule has 28 heavy (non-hydrogen) atoms. The average Bonchev–Trinajstić information content (AvgIpc) is 2.50.